The van der Waals surface area contributed by atoms with Crippen molar-refractivity contribution < 1.29 is 0 Å². The SMILES string of the molecule is CC(C)(C)NCC(Cc1cccc(Br)c1)Cc1cncs1. The summed E-state index contributed by atoms with van der Waals surface area (Å²) in [6.45, 7) is 7.68. The molecule has 0 fully saturated rings. The molecular weight excluding hydrogens is 344 g/mol. The molecule has 0 bridgehead atoms. The highest BCUT2D eigenvalue weighted by atomic mass is 79.9. The Labute approximate surface area is 140 Å². The molecule has 1 aromatic heterocycles. The van der Waals surface area contributed by atoms with E-state index in [-0.39, 0.29) is 5.54 Å². The molecule has 0 radical (unpaired) electrons. The fourth-order valence-electron chi connectivity index (χ4n) is 2.29. The fraction of sp³-hybridized carbons (Fsp3) is 0.471. The van der Waals surface area contributed by atoms with Gasteiger partial charge in [0.2, 0.25) is 0 Å². The molecule has 1 aromatic carbocycles. The zero-order valence-electron chi connectivity index (χ0n) is 12.9. The molecule has 0 aliphatic heterocycles. The van der Waals surface area contributed by atoms with E-state index in [9.17, 15) is 0 Å². The van der Waals surface area contributed by atoms with Crippen LogP contribution < -0.4 is 5.32 Å². The van der Waals surface area contributed by atoms with E-state index in [0.29, 0.717) is 5.92 Å². The van der Waals surface area contributed by atoms with Gasteiger partial charge >= 0.3 is 0 Å². The zero-order chi connectivity index (χ0) is 15.3. The highest BCUT2D eigenvalue weighted by Gasteiger charge is 2.16. The van der Waals surface area contributed by atoms with Crippen LogP contribution in [0.2, 0.25) is 0 Å². The van der Waals surface area contributed by atoms with Gasteiger partial charge in [0.05, 0.1) is 5.51 Å². The molecule has 0 aliphatic rings. The lowest BCUT2D eigenvalue weighted by Crippen LogP contribution is -2.40. The van der Waals surface area contributed by atoms with E-state index in [4.69, 9.17) is 0 Å². The van der Waals surface area contributed by atoms with Crippen LogP contribution in [0.3, 0.4) is 0 Å². The molecule has 21 heavy (non-hydrogen) atoms. The molecule has 1 atom stereocenters. The average Bonchev–Trinajstić information content (AvgIpc) is 2.88. The molecule has 0 amide bonds. The van der Waals surface area contributed by atoms with Crippen molar-refractivity contribution in [2.75, 3.05) is 6.54 Å². The van der Waals surface area contributed by atoms with Crippen molar-refractivity contribution in [3.8, 4) is 0 Å². The summed E-state index contributed by atoms with van der Waals surface area (Å²) in [6.07, 6.45) is 4.16. The van der Waals surface area contributed by atoms with Gasteiger partial charge in [-0.3, -0.25) is 4.98 Å². The summed E-state index contributed by atoms with van der Waals surface area (Å²) in [5.41, 5.74) is 3.46. The average molecular weight is 367 g/mol. The van der Waals surface area contributed by atoms with Crippen LogP contribution in [-0.4, -0.2) is 17.1 Å². The summed E-state index contributed by atoms with van der Waals surface area (Å²) >= 11 is 5.31. The molecule has 1 N–H and O–H groups in total. The Kier molecular flexibility index (Phi) is 5.97. The maximum atomic E-state index is 4.20. The van der Waals surface area contributed by atoms with E-state index in [1.165, 1.54) is 10.4 Å². The number of rotatable bonds is 6. The minimum atomic E-state index is 0.156. The summed E-state index contributed by atoms with van der Waals surface area (Å²) in [4.78, 5) is 5.56. The van der Waals surface area contributed by atoms with Crippen molar-refractivity contribution in [1.82, 2.24) is 10.3 Å². The number of nitrogens with one attached hydrogen (secondary N) is 1. The molecular formula is C17H23BrN2S. The monoisotopic (exact) mass is 366 g/mol. The molecule has 1 unspecified atom stereocenters. The van der Waals surface area contributed by atoms with Crippen molar-refractivity contribution in [1.29, 1.82) is 0 Å². The lowest BCUT2D eigenvalue weighted by atomic mass is 9.94. The summed E-state index contributed by atoms with van der Waals surface area (Å²) in [5.74, 6) is 0.582. The van der Waals surface area contributed by atoms with Crippen LogP contribution in [0.25, 0.3) is 0 Å². The van der Waals surface area contributed by atoms with Gasteiger partial charge in [-0.1, -0.05) is 28.1 Å². The van der Waals surface area contributed by atoms with E-state index in [1.807, 2.05) is 11.7 Å². The Bertz CT molecular complexity index is 546. The third-order valence-corrected chi connectivity index (χ3v) is 4.60. The predicted octanol–water partition coefficient (Wildman–Crippen LogP) is 4.70. The number of halogens is 1. The van der Waals surface area contributed by atoms with Gasteiger partial charge in [-0.15, -0.1) is 11.3 Å². The number of aromatic nitrogens is 1. The van der Waals surface area contributed by atoms with E-state index >= 15 is 0 Å². The van der Waals surface area contributed by atoms with E-state index < -0.39 is 0 Å². The second-order valence-electron chi connectivity index (χ2n) is 6.50. The van der Waals surface area contributed by atoms with E-state index in [2.05, 4.69) is 71.3 Å². The Balaban J connectivity index is 2.03. The number of thiazole rings is 1. The smallest absolute Gasteiger partial charge is 0.0794 e. The van der Waals surface area contributed by atoms with E-state index in [1.54, 1.807) is 11.3 Å². The van der Waals surface area contributed by atoms with Gasteiger partial charge in [0.1, 0.15) is 0 Å². The topological polar surface area (TPSA) is 24.9 Å². The van der Waals surface area contributed by atoms with Gasteiger partial charge in [-0.2, -0.15) is 0 Å². The van der Waals surface area contributed by atoms with Gasteiger partial charge in [-0.05, 0) is 63.8 Å². The minimum Gasteiger partial charge on any atom is -0.312 e. The quantitative estimate of drug-likeness (QED) is 0.801. The Morgan fingerprint density at radius 1 is 1.29 bits per heavy atom. The highest BCUT2D eigenvalue weighted by molar-refractivity contribution is 9.10. The van der Waals surface area contributed by atoms with Crippen molar-refractivity contribution >= 4 is 27.3 Å². The van der Waals surface area contributed by atoms with Gasteiger partial charge in [-0.25, -0.2) is 0 Å². The van der Waals surface area contributed by atoms with Gasteiger partial charge in [0.15, 0.2) is 0 Å². The molecule has 1 heterocycles. The van der Waals surface area contributed by atoms with Gasteiger partial charge in [0.25, 0.3) is 0 Å². The molecule has 0 spiro atoms. The standard InChI is InChI=1S/C17H23BrN2S/c1-17(2,3)20-10-14(9-16-11-19-12-21-16)7-13-5-4-6-15(18)8-13/h4-6,8,11-12,14,20H,7,9-10H2,1-3H3. The van der Waals surface area contributed by atoms with Crippen LogP contribution in [0.4, 0.5) is 0 Å². The third-order valence-electron chi connectivity index (χ3n) is 3.31. The Hall–Kier alpha value is -0.710. The lowest BCUT2D eigenvalue weighted by Gasteiger charge is -2.25. The molecule has 114 valence electrons. The van der Waals surface area contributed by atoms with Crippen molar-refractivity contribution in [2.45, 2.75) is 39.2 Å². The van der Waals surface area contributed by atoms with Crippen molar-refractivity contribution in [3.63, 3.8) is 0 Å². The lowest BCUT2D eigenvalue weighted by molar-refractivity contribution is 0.368. The van der Waals surface area contributed by atoms with Crippen LogP contribution >= 0.6 is 27.3 Å². The Morgan fingerprint density at radius 2 is 2.10 bits per heavy atom. The van der Waals surface area contributed by atoms with Crippen LogP contribution in [0.15, 0.2) is 40.4 Å². The van der Waals surface area contributed by atoms with E-state index in [0.717, 1.165) is 23.9 Å². The van der Waals surface area contributed by atoms with Crippen LogP contribution in [0.1, 0.15) is 31.2 Å². The summed E-state index contributed by atoms with van der Waals surface area (Å²) < 4.78 is 1.15. The van der Waals surface area contributed by atoms with Crippen molar-refractivity contribution in [3.05, 3.63) is 50.9 Å². The molecule has 4 heteroatoms. The van der Waals surface area contributed by atoms with Gasteiger partial charge in [0, 0.05) is 21.1 Å². The number of nitrogens with zero attached hydrogens (tertiary/aromatic N) is 1. The zero-order valence-corrected chi connectivity index (χ0v) is 15.3. The van der Waals surface area contributed by atoms with Crippen molar-refractivity contribution in [2.24, 2.45) is 5.92 Å². The third kappa shape index (κ3) is 6.29. The fourth-order valence-corrected chi connectivity index (χ4v) is 3.45. The molecule has 2 aromatic rings. The predicted molar refractivity (Wildman–Crippen MR) is 94.9 cm³/mol. The normalized spacial score (nSPS) is 13.3. The summed E-state index contributed by atoms with van der Waals surface area (Å²) in [6, 6.07) is 8.62. The first-order chi connectivity index (χ1) is 9.92. The molecule has 2 rings (SSSR count). The molecule has 2 nitrogen and oxygen atoms in total. The number of hydrogen-bond acceptors (Lipinski definition) is 3. The summed E-state index contributed by atoms with van der Waals surface area (Å²) in [5, 5.41) is 3.64. The maximum absolute atomic E-state index is 4.20. The first-order valence-corrected chi connectivity index (χ1v) is 8.96. The number of hydrogen-bond donors (Lipinski definition) is 1. The molecule has 0 saturated carbocycles. The summed E-state index contributed by atoms with van der Waals surface area (Å²) in [7, 11) is 0. The van der Waals surface area contributed by atoms with Crippen LogP contribution in [0, 0.1) is 5.92 Å². The second-order valence-corrected chi connectivity index (χ2v) is 8.39. The number of benzene rings is 1. The Morgan fingerprint density at radius 3 is 2.71 bits per heavy atom. The first-order valence-electron chi connectivity index (χ1n) is 7.29. The first kappa shape index (κ1) is 16.7. The maximum Gasteiger partial charge on any atom is 0.0794 e. The highest BCUT2D eigenvalue weighted by Crippen LogP contribution is 2.20. The molecule has 0 aliphatic carbocycles. The second kappa shape index (κ2) is 7.52. The molecule has 0 saturated heterocycles. The van der Waals surface area contributed by atoms with Crippen LogP contribution in [0.5, 0.6) is 0 Å². The van der Waals surface area contributed by atoms with Gasteiger partial charge < -0.3 is 5.32 Å². The largest absolute Gasteiger partial charge is 0.312 e. The van der Waals surface area contributed by atoms with Crippen LogP contribution in [-0.2, 0) is 12.8 Å². The minimum absolute atomic E-state index is 0.156.